The maximum absolute atomic E-state index is 12.3. The number of halogens is 1. The molecule has 0 aliphatic rings. The van der Waals surface area contributed by atoms with Crippen molar-refractivity contribution in [2.75, 3.05) is 12.4 Å². The van der Waals surface area contributed by atoms with E-state index < -0.39 is 11.9 Å². The average molecular weight is 427 g/mol. The van der Waals surface area contributed by atoms with Crippen LogP contribution in [0.25, 0.3) is 17.4 Å². The molecule has 146 valence electrons. The molecule has 2 heterocycles. The molecule has 0 unspecified atom stereocenters. The zero-order chi connectivity index (χ0) is 21.0. The standard InChI is InChI=1S/C21H15ClN2O4S/c1-12-16(11-23)20(29-19(12)21(26)27-2)24-18(25)10-8-15-7-9-17(28-15)13-3-5-14(22)6-4-13/h3-10H,1-2H3,(H,24,25)/b10-8+. The third-order valence-corrected chi connectivity index (χ3v) is 5.46. The third kappa shape index (κ3) is 4.57. The molecule has 29 heavy (non-hydrogen) atoms. The van der Waals surface area contributed by atoms with E-state index in [2.05, 4.69) is 5.32 Å². The molecule has 0 bridgehead atoms. The zero-order valence-corrected chi connectivity index (χ0v) is 17.1. The number of nitrogens with zero attached hydrogens (tertiary/aromatic N) is 1. The minimum absolute atomic E-state index is 0.236. The van der Waals surface area contributed by atoms with Gasteiger partial charge in [0.15, 0.2) is 0 Å². The van der Waals surface area contributed by atoms with Gasteiger partial charge >= 0.3 is 5.97 Å². The number of nitrogens with one attached hydrogen (secondary N) is 1. The molecule has 8 heteroatoms. The zero-order valence-electron chi connectivity index (χ0n) is 15.5. The molecule has 1 aromatic carbocycles. The van der Waals surface area contributed by atoms with Crippen molar-refractivity contribution in [3.05, 3.63) is 69.3 Å². The molecule has 0 aliphatic carbocycles. The van der Waals surface area contributed by atoms with Crippen molar-refractivity contribution in [3.8, 4) is 17.4 Å². The molecular weight excluding hydrogens is 412 g/mol. The molecular formula is C21H15ClN2O4S. The van der Waals surface area contributed by atoms with Gasteiger partial charge in [-0.3, -0.25) is 4.79 Å². The van der Waals surface area contributed by atoms with Gasteiger partial charge in [-0.05, 0) is 55.0 Å². The van der Waals surface area contributed by atoms with Crippen LogP contribution in [0.1, 0.15) is 26.6 Å². The summed E-state index contributed by atoms with van der Waals surface area (Å²) in [7, 11) is 1.26. The number of nitriles is 1. The predicted octanol–water partition coefficient (Wildman–Crippen LogP) is 5.28. The first kappa shape index (κ1) is 20.4. The van der Waals surface area contributed by atoms with Gasteiger partial charge in [0.25, 0.3) is 0 Å². The van der Waals surface area contributed by atoms with E-state index in [-0.39, 0.29) is 10.4 Å². The Morgan fingerprint density at radius 1 is 1.24 bits per heavy atom. The molecule has 0 fully saturated rings. The van der Waals surface area contributed by atoms with E-state index in [9.17, 15) is 14.9 Å². The van der Waals surface area contributed by atoms with Crippen LogP contribution in [-0.2, 0) is 9.53 Å². The number of furan rings is 1. The van der Waals surface area contributed by atoms with Crippen molar-refractivity contribution >= 4 is 45.9 Å². The summed E-state index contributed by atoms with van der Waals surface area (Å²) in [5, 5.41) is 12.9. The van der Waals surface area contributed by atoms with Crippen molar-refractivity contribution in [2.24, 2.45) is 0 Å². The van der Waals surface area contributed by atoms with E-state index in [1.54, 1.807) is 31.2 Å². The largest absolute Gasteiger partial charge is 0.465 e. The molecule has 0 radical (unpaired) electrons. The summed E-state index contributed by atoms with van der Waals surface area (Å²) in [5.41, 5.74) is 1.57. The average Bonchev–Trinajstić information content (AvgIpc) is 3.31. The van der Waals surface area contributed by atoms with Gasteiger partial charge in [-0.25, -0.2) is 4.79 Å². The number of carbonyl (C=O) groups excluding carboxylic acids is 2. The number of rotatable bonds is 5. The topological polar surface area (TPSA) is 92.3 Å². The van der Waals surface area contributed by atoms with Crippen LogP contribution in [0.4, 0.5) is 5.00 Å². The highest BCUT2D eigenvalue weighted by atomic mass is 35.5. The molecule has 1 amide bonds. The van der Waals surface area contributed by atoms with E-state index in [1.807, 2.05) is 18.2 Å². The quantitative estimate of drug-likeness (QED) is 0.442. The van der Waals surface area contributed by atoms with E-state index in [1.165, 1.54) is 19.3 Å². The van der Waals surface area contributed by atoms with Gasteiger partial charge in [-0.2, -0.15) is 5.26 Å². The molecule has 0 atom stereocenters. The fourth-order valence-electron chi connectivity index (χ4n) is 2.55. The number of methoxy groups -OCH3 is 1. The van der Waals surface area contributed by atoms with E-state index >= 15 is 0 Å². The van der Waals surface area contributed by atoms with Crippen molar-refractivity contribution in [1.82, 2.24) is 0 Å². The van der Waals surface area contributed by atoms with Crippen LogP contribution in [0, 0.1) is 18.3 Å². The van der Waals surface area contributed by atoms with Crippen LogP contribution < -0.4 is 5.32 Å². The smallest absolute Gasteiger partial charge is 0.348 e. The SMILES string of the molecule is COC(=O)c1sc(NC(=O)/C=C/c2ccc(-c3ccc(Cl)cc3)o2)c(C#N)c1C. The summed E-state index contributed by atoms with van der Waals surface area (Å²) in [6, 6.07) is 12.7. The number of benzene rings is 1. The van der Waals surface area contributed by atoms with Crippen LogP contribution in [-0.4, -0.2) is 19.0 Å². The summed E-state index contributed by atoms with van der Waals surface area (Å²) in [5.74, 6) is 0.127. The van der Waals surface area contributed by atoms with Gasteiger partial charge in [0.2, 0.25) is 5.91 Å². The fraction of sp³-hybridized carbons (Fsp3) is 0.0952. The first-order chi connectivity index (χ1) is 13.9. The first-order valence-corrected chi connectivity index (χ1v) is 9.59. The number of ether oxygens (including phenoxy) is 1. The molecule has 2 aromatic heterocycles. The van der Waals surface area contributed by atoms with Crippen LogP contribution in [0.2, 0.25) is 5.02 Å². The first-order valence-electron chi connectivity index (χ1n) is 8.39. The van der Waals surface area contributed by atoms with Crippen molar-refractivity contribution in [2.45, 2.75) is 6.92 Å². The predicted molar refractivity (Wildman–Crippen MR) is 112 cm³/mol. The normalized spacial score (nSPS) is 10.7. The Labute approximate surface area is 176 Å². The Hall–Kier alpha value is -3.34. The molecule has 3 rings (SSSR count). The number of anilines is 1. The summed E-state index contributed by atoms with van der Waals surface area (Å²) in [6.45, 7) is 1.63. The molecule has 0 saturated carbocycles. The lowest BCUT2D eigenvalue weighted by Crippen LogP contribution is -2.07. The number of hydrogen-bond donors (Lipinski definition) is 1. The Balaban J connectivity index is 1.73. The summed E-state index contributed by atoms with van der Waals surface area (Å²) >= 11 is 6.88. The second-order valence-corrected chi connectivity index (χ2v) is 7.35. The number of hydrogen-bond acceptors (Lipinski definition) is 6. The lowest BCUT2D eigenvalue weighted by Gasteiger charge is -1.98. The highest BCUT2D eigenvalue weighted by Crippen LogP contribution is 2.33. The number of esters is 1. The lowest BCUT2D eigenvalue weighted by molar-refractivity contribution is -0.111. The van der Waals surface area contributed by atoms with Gasteiger partial charge in [-0.1, -0.05) is 11.6 Å². The second kappa shape index (κ2) is 8.78. The molecule has 1 N–H and O–H groups in total. The summed E-state index contributed by atoms with van der Waals surface area (Å²) < 4.78 is 10.4. The van der Waals surface area contributed by atoms with Gasteiger partial charge in [0.1, 0.15) is 27.5 Å². The number of carbonyl (C=O) groups is 2. The van der Waals surface area contributed by atoms with Crippen molar-refractivity contribution in [1.29, 1.82) is 5.26 Å². The van der Waals surface area contributed by atoms with E-state index in [0.717, 1.165) is 16.9 Å². The molecule has 6 nitrogen and oxygen atoms in total. The third-order valence-electron chi connectivity index (χ3n) is 4.02. The highest BCUT2D eigenvalue weighted by Gasteiger charge is 2.21. The Bertz CT molecular complexity index is 1140. The number of amides is 1. The maximum atomic E-state index is 12.3. The van der Waals surface area contributed by atoms with Gasteiger partial charge in [0.05, 0.1) is 12.7 Å². The van der Waals surface area contributed by atoms with Crippen LogP contribution in [0.15, 0.2) is 46.9 Å². The highest BCUT2D eigenvalue weighted by molar-refractivity contribution is 7.18. The van der Waals surface area contributed by atoms with Gasteiger partial charge in [0, 0.05) is 16.7 Å². The molecule has 3 aromatic rings. The van der Waals surface area contributed by atoms with E-state index in [4.69, 9.17) is 20.8 Å². The Kier molecular flexibility index (Phi) is 6.17. The second-order valence-electron chi connectivity index (χ2n) is 5.90. The molecule has 0 aliphatic heterocycles. The van der Waals surface area contributed by atoms with Crippen molar-refractivity contribution < 1.29 is 18.7 Å². The van der Waals surface area contributed by atoms with E-state index in [0.29, 0.717) is 27.1 Å². The van der Waals surface area contributed by atoms with Gasteiger partial charge in [-0.15, -0.1) is 11.3 Å². The summed E-state index contributed by atoms with van der Waals surface area (Å²) in [4.78, 5) is 24.3. The van der Waals surface area contributed by atoms with Crippen LogP contribution in [0.5, 0.6) is 0 Å². The molecule has 0 spiro atoms. The molecule has 0 saturated heterocycles. The Morgan fingerprint density at radius 3 is 2.62 bits per heavy atom. The fourth-order valence-corrected chi connectivity index (χ4v) is 3.75. The lowest BCUT2D eigenvalue weighted by atomic mass is 10.2. The maximum Gasteiger partial charge on any atom is 0.348 e. The summed E-state index contributed by atoms with van der Waals surface area (Å²) in [6.07, 6.45) is 2.81. The number of thiophene rings is 1. The van der Waals surface area contributed by atoms with Crippen LogP contribution in [0.3, 0.4) is 0 Å². The Morgan fingerprint density at radius 2 is 1.97 bits per heavy atom. The minimum Gasteiger partial charge on any atom is -0.465 e. The van der Waals surface area contributed by atoms with Crippen LogP contribution >= 0.6 is 22.9 Å². The monoisotopic (exact) mass is 426 g/mol. The van der Waals surface area contributed by atoms with Gasteiger partial charge < -0.3 is 14.5 Å². The van der Waals surface area contributed by atoms with Crippen molar-refractivity contribution in [3.63, 3.8) is 0 Å². The minimum atomic E-state index is -0.551.